The van der Waals surface area contributed by atoms with E-state index in [1.807, 2.05) is 31.2 Å². The number of hydrogen-bond acceptors (Lipinski definition) is 4. The minimum Gasteiger partial charge on any atom is -0.497 e. The second-order valence-corrected chi connectivity index (χ2v) is 9.53. The third kappa shape index (κ3) is 5.10. The summed E-state index contributed by atoms with van der Waals surface area (Å²) in [5.41, 5.74) is 0.959. The van der Waals surface area contributed by atoms with E-state index in [-0.39, 0.29) is 29.3 Å². The van der Waals surface area contributed by atoms with Crippen molar-refractivity contribution in [3.05, 3.63) is 59.1 Å². The molecule has 0 radical (unpaired) electrons. The van der Waals surface area contributed by atoms with E-state index < -0.39 is 10.0 Å². The summed E-state index contributed by atoms with van der Waals surface area (Å²) < 4.78 is 32.4. The molecule has 1 N–H and O–H groups in total. The number of methoxy groups -OCH3 is 1. The van der Waals surface area contributed by atoms with Crippen molar-refractivity contribution in [2.45, 2.75) is 30.7 Å². The number of hydrogen-bond donors (Lipinski definition) is 1. The molecule has 0 bridgehead atoms. The zero-order valence-corrected chi connectivity index (χ0v) is 18.0. The molecule has 0 saturated carbocycles. The van der Waals surface area contributed by atoms with Crippen LogP contribution in [0.2, 0.25) is 5.02 Å². The van der Waals surface area contributed by atoms with Gasteiger partial charge in [0.1, 0.15) is 5.75 Å². The topological polar surface area (TPSA) is 75.7 Å². The smallest absolute Gasteiger partial charge is 0.243 e. The third-order valence-electron chi connectivity index (χ3n) is 5.18. The lowest BCUT2D eigenvalue weighted by molar-refractivity contribution is -0.126. The molecule has 1 heterocycles. The van der Waals surface area contributed by atoms with Crippen LogP contribution >= 0.6 is 11.6 Å². The molecule has 156 valence electrons. The summed E-state index contributed by atoms with van der Waals surface area (Å²) >= 11 is 5.86. The van der Waals surface area contributed by atoms with E-state index in [9.17, 15) is 13.2 Å². The molecule has 29 heavy (non-hydrogen) atoms. The lowest BCUT2D eigenvalue weighted by Gasteiger charge is -2.32. The van der Waals surface area contributed by atoms with Crippen LogP contribution in [0.5, 0.6) is 5.75 Å². The first-order valence-corrected chi connectivity index (χ1v) is 11.3. The number of carbonyl (C=O) groups excluding carboxylic acids is 1. The first-order valence-electron chi connectivity index (χ1n) is 9.51. The highest BCUT2D eigenvalue weighted by molar-refractivity contribution is 7.89. The van der Waals surface area contributed by atoms with Crippen molar-refractivity contribution in [2.24, 2.45) is 5.92 Å². The fourth-order valence-corrected chi connectivity index (χ4v) is 5.09. The summed E-state index contributed by atoms with van der Waals surface area (Å²) in [5.74, 6) is 0.235. The molecule has 3 rings (SSSR count). The van der Waals surface area contributed by atoms with E-state index in [0.29, 0.717) is 24.4 Å². The van der Waals surface area contributed by atoms with Crippen LogP contribution in [0.4, 0.5) is 0 Å². The van der Waals surface area contributed by atoms with Gasteiger partial charge in [-0.2, -0.15) is 4.31 Å². The standard InChI is InChI=1S/C21H25ClN2O4S/c1-15(16-5-9-19(28-2)10-6-16)23-21(25)17-4-3-13-24(14-17)29(26,27)20-11-7-18(22)8-12-20/h5-12,15,17H,3-4,13-14H2,1-2H3,(H,23,25)/t15-,17-/m1/s1. The first kappa shape index (κ1) is 21.6. The first-order chi connectivity index (χ1) is 13.8. The predicted octanol–water partition coefficient (Wildman–Crippen LogP) is 3.63. The second-order valence-electron chi connectivity index (χ2n) is 7.16. The Bertz CT molecular complexity index is 946. The van der Waals surface area contributed by atoms with Crippen molar-refractivity contribution >= 4 is 27.5 Å². The minimum absolute atomic E-state index is 0.135. The van der Waals surface area contributed by atoms with E-state index in [1.165, 1.54) is 16.4 Å². The molecular formula is C21H25ClN2O4S. The van der Waals surface area contributed by atoms with E-state index >= 15 is 0 Å². The summed E-state index contributed by atoms with van der Waals surface area (Å²) in [6.45, 7) is 2.49. The van der Waals surface area contributed by atoms with Gasteiger partial charge in [-0.15, -0.1) is 0 Å². The van der Waals surface area contributed by atoms with Gasteiger partial charge in [0.15, 0.2) is 0 Å². The molecule has 0 aliphatic carbocycles. The van der Waals surface area contributed by atoms with Gasteiger partial charge in [0.2, 0.25) is 15.9 Å². The van der Waals surface area contributed by atoms with Gasteiger partial charge in [-0.25, -0.2) is 8.42 Å². The Balaban J connectivity index is 1.66. The minimum atomic E-state index is -3.65. The predicted molar refractivity (Wildman–Crippen MR) is 112 cm³/mol. The molecule has 0 unspecified atom stereocenters. The largest absolute Gasteiger partial charge is 0.497 e. The molecular weight excluding hydrogens is 412 g/mol. The fraction of sp³-hybridized carbons (Fsp3) is 0.381. The summed E-state index contributed by atoms with van der Waals surface area (Å²) in [7, 11) is -2.05. The quantitative estimate of drug-likeness (QED) is 0.750. The van der Waals surface area contributed by atoms with Crippen LogP contribution in [0, 0.1) is 5.92 Å². The maximum atomic E-state index is 12.9. The van der Waals surface area contributed by atoms with Crippen molar-refractivity contribution in [3.8, 4) is 5.75 Å². The number of ether oxygens (including phenoxy) is 1. The lowest BCUT2D eigenvalue weighted by atomic mass is 9.98. The number of nitrogens with zero attached hydrogens (tertiary/aromatic N) is 1. The Morgan fingerprint density at radius 2 is 1.83 bits per heavy atom. The second kappa shape index (κ2) is 9.15. The molecule has 0 aromatic heterocycles. The Hall–Kier alpha value is -2.09. The highest BCUT2D eigenvalue weighted by Crippen LogP contribution is 2.26. The molecule has 1 aliphatic rings. The van der Waals surface area contributed by atoms with Crippen LogP contribution in [0.1, 0.15) is 31.4 Å². The molecule has 2 aromatic carbocycles. The van der Waals surface area contributed by atoms with Gasteiger partial charge in [-0.1, -0.05) is 23.7 Å². The normalized spacial score (nSPS) is 18.8. The van der Waals surface area contributed by atoms with Crippen LogP contribution in [0.25, 0.3) is 0 Å². The molecule has 2 aromatic rings. The Labute approximate surface area is 176 Å². The van der Waals surface area contributed by atoms with Crippen LogP contribution < -0.4 is 10.1 Å². The van der Waals surface area contributed by atoms with Crippen LogP contribution in [-0.2, 0) is 14.8 Å². The number of piperidine rings is 1. The van der Waals surface area contributed by atoms with E-state index in [2.05, 4.69) is 5.32 Å². The average Bonchev–Trinajstić information content (AvgIpc) is 2.74. The molecule has 6 nitrogen and oxygen atoms in total. The Kier molecular flexibility index (Phi) is 6.82. The summed E-state index contributed by atoms with van der Waals surface area (Å²) in [5, 5.41) is 3.48. The average molecular weight is 437 g/mol. The van der Waals surface area contributed by atoms with Crippen molar-refractivity contribution in [1.29, 1.82) is 0 Å². The van der Waals surface area contributed by atoms with Gasteiger partial charge in [0.25, 0.3) is 0 Å². The summed E-state index contributed by atoms with van der Waals surface area (Å²) in [6, 6.07) is 13.4. The van der Waals surface area contributed by atoms with Gasteiger partial charge < -0.3 is 10.1 Å². The zero-order chi connectivity index (χ0) is 21.0. The number of halogens is 1. The fourth-order valence-electron chi connectivity index (χ4n) is 3.44. The molecule has 1 amide bonds. The SMILES string of the molecule is COc1ccc([C@@H](C)NC(=O)[C@@H]2CCCN(S(=O)(=O)c3ccc(Cl)cc3)C2)cc1. The summed E-state index contributed by atoms with van der Waals surface area (Å²) in [6.07, 6.45) is 1.30. The van der Waals surface area contributed by atoms with Gasteiger partial charge in [-0.3, -0.25) is 4.79 Å². The molecule has 8 heteroatoms. The maximum absolute atomic E-state index is 12.9. The molecule has 1 aliphatic heterocycles. The van der Waals surface area contributed by atoms with Gasteiger partial charge >= 0.3 is 0 Å². The van der Waals surface area contributed by atoms with Gasteiger partial charge in [0, 0.05) is 18.1 Å². The van der Waals surface area contributed by atoms with E-state index in [4.69, 9.17) is 16.3 Å². The van der Waals surface area contributed by atoms with E-state index in [1.54, 1.807) is 19.2 Å². The van der Waals surface area contributed by atoms with Crippen LogP contribution in [0.3, 0.4) is 0 Å². The Morgan fingerprint density at radius 1 is 1.17 bits per heavy atom. The van der Waals surface area contributed by atoms with Crippen molar-refractivity contribution in [3.63, 3.8) is 0 Å². The van der Waals surface area contributed by atoms with Crippen molar-refractivity contribution < 1.29 is 17.9 Å². The van der Waals surface area contributed by atoms with Crippen LogP contribution in [-0.4, -0.2) is 38.8 Å². The summed E-state index contributed by atoms with van der Waals surface area (Å²) in [4.78, 5) is 13.0. The third-order valence-corrected chi connectivity index (χ3v) is 7.31. The van der Waals surface area contributed by atoms with Crippen LogP contribution in [0.15, 0.2) is 53.4 Å². The van der Waals surface area contributed by atoms with Crippen molar-refractivity contribution in [1.82, 2.24) is 9.62 Å². The number of amides is 1. The highest BCUT2D eigenvalue weighted by Gasteiger charge is 2.33. The molecule has 2 atom stereocenters. The zero-order valence-electron chi connectivity index (χ0n) is 16.5. The Morgan fingerprint density at radius 3 is 2.45 bits per heavy atom. The monoisotopic (exact) mass is 436 g/mol. The molecule has 0 spiro atoms. The maximum Gasteiger partial charge on any atom is 0.243 e. The van der Waals surface area contributed by atoms with Gasteiger partial charge in [-0.05, 0) is 61.7 Å². The molecule has 1 saturated heterocycles. The number of benzene rings is 2. The van der Waals surface area contributed by atoms with Gasteiger partial charge in [0.05, 0.1) is 24.0 Å². The molecule has 1 fully saturated rings. The lowest BCUT2D eigenvalue weighted by Crippen LogP contribution is -2.45. The van der Waals surface area contributed by atoms with E-state index in [0.717, 1.165) is 11.3 Å². The number of carbonyl (C=O) groups is 1. The number of nitrogens with one attached hydrogen (secondary N) is 1. The number of rotatable bonds is 6. The van der Waals surface area contributed by atoms with Crippen molar-refractivity contribution in [2.75, 3.05) is 20.2 Å². The highest BCUT2D eigenvalue weighted by atomic mass is 35.5. The number of sulfonamides is 1.